The zero-order valence-corrected chi connectivity index (χ0v) is 18.8. The van der Waals surface area contributed by atoms with Crippen LogP contribution in [0, 0.1) is 52.3 Å². The van der Waals surface area contributed by atoms with Crippen LogP contribution in [-0.4, -0.2) is 33.5 Å². The maximum absolute atomic E-state index is 11.7. The summed E-state index contributed by atoms with van der Waals surface area (Å²) in [5.74, 6) is 2.09. The molecule has 4 aliphatic carbocycles. The summed E-state index contributed by atoms with van der Waals surface area (Å²) >= 11 is 0. The van der Waals surface area contributed by atoms with E-state index in [4.69, 9.17) is 0 Å². The van der Waals surface area contributed by atoms with Gasteiger partial charge in [-0.15, -0.1) is 0 Å². The fourth-order valence-electron chi connectivity index (χ4n) is 9.35. The van der Waals surface area contributed by atoms with Crippen molar-refractivity contribution in [3.63, 3.8) is 0 Å². The van der Waals surface area contributed by atoms with E-state index in [1.54, 1.807) is 0 Å². The SMILES string of the molecule is CCC1C(O)C2C3CCC(C(C)CC(=O)O)C3(C)CCC2C2(C)CCC(O)CC12. The van der Waals surface area contributed by atoms with E-state index in [1.165, 1.54) is 6.42 Å². The number of aliphatic carboxylic acids is 1. The van der Waals surface area contributed by atoms with Crippen LogP contribution < -0.4 is 0 Å². The smallest absolute Gasteiger partial charge is 0.303 e. The summed E-state index contributed by atoms with van der Waals surface area (Å²) in [6.45, 7) is 9.23. The molecule has 0 heterocycles. The third-order valence-electron chi connectivity index (χ3n) is 10.6. The fourth-order valence-corrected chi connectivity index (χ4v) is 9.35. The lowest BCUT2D eigenvalue weighted by Gasteiger charge is -2.64. The minimum Gasteiger partial charge on any atom is -0.481 e. The van der Waals surface area contributed by atoms with Crippen LogP contribution in [0.3, 0.4) is 0 Å². The third kappa shape index (κ3) is 3.19. The standard InChI is InChI=1S/C25H42O4/c1-5-16-20-13-15(26)8-10-25(20,4)19-9-11-24(3)17(14(2)12-21(27)28)6-7-18(24)22(19)23(16)29/h14-20,22-23,26,29H,5-13H2,1-4H3,(H,27,28). The number of aliphatic hydroxyl groups is 2. The molecule has 0 aromatic carbocycles. The van der Waals surface area contributed by atoms with Gasteiger partial charge in [0.2, 0.25) is 0 Å². The number of aliphatic hydroxyl groups excluding tert-OH is 2. The maximum atomic E-state index is 11.7. The van der Waals surface area contributed by atoms with E-state index in [-0.39, 0.29) is 41.3 Å². The number of fused-ring (bicyclic) bond motifs is 5. The molecule has 4 fully saturated rings. The van der Waals surface area contributed by atoms with Crippen LogP contribution in [-0.2, 0) is 4.79 Å². The van der Waals surface area contributed by atoms with E-state index >= 15 is 0 Å². The molecule has 0 spiro atoms. The summed E-state index contributed by atoms with van der Waals surface area (Å²) in [6, 6.07) is 0. The van der Waals surface area contributed by atoms with Crippen molar-refractivity contribution in [2.45, 2.75) is 97.7 Å². The van der Waals surface area contributed by atoms with Crippen molar-refractivity contribution in [2.75, 3.05) is 0 Å². The molecule has 3 N–H and O–H groups in total. The highest BCUT2D eigenvalue weighted by Gasteiger charge is 2.64. The Morgan fingerprint density at radius 2 is 1.66 bits per heavy atom. The Balaban J connectivity index is 1.66. The molecule has 29 heavy (non-hydrogen) atoms. The van der Waals surface area contributed by atoms with Crippen LogP contribution in [0.2, 0.25) is 0 Å². The molecule has 4 aliphatic rings. The molecule has 0 aromatic heterocycles. The fraction of sp³-hybridized carbons (Fsp3) is 0.960. The van der Waals surface area contributed by atoms with Gasteiger partial charge >= 0.3 is 5.97 Å². The molecule has 4 nitrogen and oxygen atoms in total. The number of hydrogen-bond acceptors (Lipinski definition) is 3. The second-order valence-corrected chi connectivity index (χ2v) is 11.7. The molecule has 0 aromatic rings. The van der Waals surface area contributed by atoms with Gasteiger partial charge in [-0.3, -0.25) is 4.79 Å². The molecule has 0 aliphatic heterocycles. The van der Waals surface area contributed by atoms with Gasteiger partial charge in [0, 0.05) is 6.42 Å². The van der Waals surface area contributed by atoms with Crippen LogP contribution in [0.5, 0.6) is 0 Å². The third-order valence-corrected chi connectivity index (χ3v) is 10.6. The van der Waals surface area contributed by atoms with E-state index in [9.17, 15) is 20.1 Å². The van der Waals surface area contributed by atoms with Crippen molar-refractivity contribution in [1.29, 1.82) is 0 Å². The topological polar surface area (TPSA) is 77.8 Å². The van der Waals surface area contributed by atoms with Crippen molar-refractivity contribution in [2.24, 2.45) is 52.3 Å². The monoisotopic (exact) mass is 406 g/mol. The molecule has 0 radical (unpaired) electrons. The molecule has 11 atom stereocenters. The first kappa shape index (κ1) is 21.6. The molecule has 0 saturated heterocycles. The second kappa shape index (κ2) is 7.51. The lowest BCUT2D eigenvalue weighted by Crippen LogP contribution is -2.62. The van der Waals surface area contributed by atoms with Crippen molar-refractivity contribution >= 4 is 5.97 Å². The Morgan fingerprint density at radius 3 is 2.31 bits per heavy atom. The minimum atomic E-state index is -0.682. The first-order chi connectivity index (χ1) is 13.6. The highest BCUT2D eigenvalue weighted by atomic mass is 16.4. The van der Waals surface area contributed by atoms with Crippen LogP contribution in [0.4, 0.5) is 0 Å². The zero-order chi connectivity index (χ0) is 21.1. The average Bonchev–Trinajstić information content (AvgIpc) is 3.00. The molecule has 4 saturated carbocycles. The Morgan fingerprint density at radius 1 is 1.00 bits per heavy atom. The molecule has 4 rings (SSSR count). The van der Waals surface area contributed by atoms with Gasteiger partial charge in [-0.05, 0) is 97.2 Å². The highest BCUT2D eigenvalue weighted by molar-refractivity contribution is 5.67. The predicted molar refractivity (Wildman–Crippen MR) is 113 cm³/mol. The number of carboxylic acids is 1. The van der Waals surface area contributed by atoms with Gasteiger partial charge in [-0.2, -0.15) is 0 Å². The number of carbonyl (C=O) groups is 1. The Labute approximate surface area is 176 Å². The Kier molecular flexibility index (Phi) is 5.60. The van der Waals surface area contributed by atoms with Crippen LogP contribution in [0.15, 0.2) is 0 Å². The lowest BCUT2D eigenvalue weighted by molar-refractivity contribution is -0.203. The Hall–Kier alpha value is -0.610. The quantitative estimate of drug-likeness (QED) is 0.631. The number of carboxylic acid groups (broad SMARTS) is 1. The highest BCUT2D eigenvalue weighted by Crippen LogP contribution is 2.69. The van der Waals surface area contributed by atoms with Gasteiger partial charge in [0.15, 0.2) is 0 Å². The molecule has 4 heteroatoms. The molecular weight excluding hydrogens is 364 g/mol. The van der Waals surface area contributed by atoms with E-state index in [1.807, 2.05) is 0 Å². The van der Waals surface area contributed by atoms with Gasteiger partial charge < -0.3 is 15.3 Å². The maximum Gasteiger partial charge on any atom is 0.303 e. The molecule has 0 bridgehead atoms. The summed E-state index contributed by atoms with van der Waals surface area (Å²) in [6.07, 6.45) is 8.21. The summed E-state index contributed by atoms with van der Waals surface area (Å²) < 4.78 is 0. The summed E-state index contributed by atoms with van der Waals surface area (Å²) in [5, 5.41) is 31.4. The van der Waals surface area contributed by atoms with Crippen molar-refractivity contribution in [3.05, 3.63) is 0 Å². The van der Waals surface area contributed by atoms with Gasteiger partial charge in [0.05, 0.1) is 12.2 Å². The summed E-state index contributed by atoms with van der Waals surface area (Å²) in [4.78, 5) is 11.4. The van der Waals surface area contributed by atoms with Crippen LogP contribution >= 0.6 is 0 Å². The summed E-state index contributed by atoms with van der Waals surface area (Å²) in [5.41, 5.74) is 0.391. The van der Waals surface area contributed by atoms with Crippen LogP contribution in [0.25, 0.3) is 0 Å². The van der Waals surface area contributed by atoms with Crippen molar-refractivity contribution in [1.82, 2.24) is 0 Å². The van der Waals surface area contributed by atoms with Crippen LogP contribution in [0.1, 0.15) is 85.5 Å². The minimum absolute atomic E-state index is 0.159. The summed E-state index contributed by atoms with van der Waals surface area (Å²) in [7, 11) is 0. The normalized spacial score (nSPS) is 52.9. The Bertz CT molecular complexity index is 634. The predicted octanol–water partition coefficient (Wildman–Crippen LogP) is 4.72. The van der Waals surface area contributed by atoms with E-state index in [0.717, 1.165) is 44.9 Å². The van der Waals surface area contributed by atoms with E-state index in [2.05, 4.69) is 27.7 Å². The van der Waals surface area contributed by atoms with E-state index < -0.39 is 5.97 Å². The van der Waals surface area contributed by atoms with E-state index in [0.29, 0.717) is 29.6 Å². The molecule has 11 unspecified atom stereocenters. The first-order valence-corrected chi connectivity index (χ1v) is 12.2. The van der Waals surface area contributed by atoms with Crippen molar-refractivity contribution in [3.8, 4) is 0 Å². The van der Waals surface area contributed by atoms with Gasteiger partial charge in [-0.25, -0.2) is 0 Å². The number of hydrogen-bond donors (Lipinski definition) is 3. The van der Waals surface area contributed by atoms with Gasteiger partial charge in [0.25, 0.3) is 0 Å². The zero-order valence-electron chi connectivity index (χ0n) is 18.8. The molecule has 0 amide bonds. The molecule has 166 valence electrons. The number of rotatable bonds is 4. The van der Waals surface area contributed by atoms with Crippen molar-refractivity contribution < 1.29 is 20.1 Å². The first-order valence-electron chi connectivity index (χ1n) is 12.2. The lowest BCUT2D eigenvalue weighted by atomic mass is 9.41. The average molecular weight is 407 g/mol. The van der Waals surface area contributed by atoms with Gasteiger partial charge in [-0.1, -0.05) is 34.1 Å². The largest absolute Gasteiger partial charge is 0.481 e. The van der Waals surface area contributed by atoms with Gasteiger partial charge in [0.1, 0.15) is 0 Å². The second-order valence-electron chi connectivity index (χ2n) is 11.7. The molecular formula is C25H42O4.